The van der Waals surface area contributed by atoms with Crippen LogP contribution in [0.15, 0.2) is 29.4 Å². The van der Waals surface area contributed by atoms with Gasteiger partial charge in [-0.1, -0.05) is 13.8 Å². The summed E-state index contributed by atoms with van der Waals surface area (Å²) in [4.78, 5) is 5.37. The van der Waals surface area contributed by atoms with Crippen LogP contribution in [0.5, 0.6) is 0 Å². The van der Waals surface area contributed by atoms with E-state index in [9.17, 15) is 0 Å². The summed E-state index contributed by atoms with van der Waals surface area (Å²) >= 11 is 1.84. The molecule has 0 aromatic carbocycles. The van der Waals surface area contributed by atoms with Gasteiger partial charge in [-0.2, -0.15) is 0 Å². The third-order valence-corrected chi connectivity index (χ3v) is 3.78. The molecule has 1 aliphatic heterocycles. The van der Waals surface area contributed by atoms with Crippen LogP contribution in [-0.4, -0.2) is 21.9 Å². The molecule has 1 fully saturated rings. The summed E-state index contributed by atoms with van der Waals surface area (Å²) in [5, 5.41) is 0. The maximum Gasteiger partial charge on any atom is 0.0417 e. The van der Waals surface area contributed by atoms with Crippen LogP contribution < -0.4 is 0 Å². The van der Waals surface area contributed by atoms with Crippen molar-refractivity contribution in [3.8, 4) is 0 Å². The maximum atomic E-state index is 4.12. The van der Waals surface area contributed by atoms with Crippen molar-refractivity contribution in [2.24, 2.45) is 5.92 Å². The number of aromatic nitrogens is 1. The Morgan fingerprint density at radius 1 is 1.57 bits per heavy atom. The summed E-state index contributed by atoms with van der Waals surface area (Å²) in [6.45, 7) is 5.80. The molecule has 1 aliphatic rings. The van der Waals surface area contributed by atoms with Crippen LogP contribution in [0.2, 0.25) is 0 Å². The highest BCUT2D eigenvalue weighted by Crippen LogP contribution is 2.34. The molecule has 1 atom stereocenters. The van der Waals surface area contributed by atoms with Crippen molar-refractivity contribution in [3.63, 3.8) is 0 Å². The first-order valence-electron chi connectivity index (χ1n) is 5.12. The van der Waals surface area contributed by atoms with Gasteiger partial charge in [0.2, 0.25) is 0 Å². The molecule has 3 heteroatoms. The molecule has 2 heterocycles. The molecule has 0 bridgehead atoms. The molecule has 0 radical (unpaired) electrons. The zero-order valence-corrected chi connectivity index (χ0v) is 9.50. The number of hydrogen-bond donors (Lipinski definition) is 0. The lowest BCUT2D eigenvalue weighted by atomic mass is 9.95. The van der Waals surface area contributed by atoms with Gasteiger partial charge < -0.3 is 0 Å². The fraction of sp³-hybridized carbons (Fsp3) is 0.545. The van der Waals surface area contributed by atoms with E-state index in [-0.39, 0.29) is 0 Å². The molecule has 76 valence electrons. The van der Waals surface area contributed by atoms with E-state index in [0.29, 0.717) is 0 Å². The Balaban J connectivity index is 1.93. The van der Waals surface area contributed by atoms with Gasteiger partial charge in [0.15, 0.2) is 0 Å². The molecule has 0 N–H and O–H groups in total. The number of pyridine rings is 1. The highest BCUT2D eigenvalue weighted by molar-refractivity contribution is 7.97. The molecule has 1 aromatic rings. The standard InChI is InChI=1S/C11H16N2S/c1-9(2)11-5-7-13(11)14-10-4-3-6-12-8-10/h3-4,6,8-9,11H,5,7H2,1-2H3. The van der Waals surface area contributed by atoms with Gasteiger partial charge in [0, 0.05) is 29.9 Å². The van der Waals surface area contributed by atoms with Crippen LogP contribution in [0.3, 0.4) is 0 Å². The minimum absolute atomic E-state index is 0.750. The van der Waals surface area contributed by atoms with E-state index in [4.69, 9.17) is 0 Å². The average Bonchev–Trinajstić information content (AvgIpc) is 2.13. The summed E-state index contributed by atoms with van der Waals surface area (Å²) in [7, 11) is 0. The molecule has 0 spiro atoms. The lowest BCUT2D eigenvalue weighted by molar-refractivity contribution is 0.166. The maximum absolute atomic E-state index is 4.12. The lowest BCUT2D eigenvalue weighted by Crippen LogP contribution is -2.45. The Kier molecular flexibility index (Phi) is 3.08. The summed E-state index contributed by atoms with van der Waals surface area (Å²) in [5.41, 5.74) is 0. The first kappa shape index (κ1) is 9.99. The molecule has 14 heavy (non-hydrogen) atoms. The van der Waals surface area contributed by atoms with Gasteiger partial charge in [0.25, 0.3) is 0 Å². The quantitative estimate of drug-likeness (QED) is 0.711. The monoisotopic (exact) mass is 208 g/mol. The van der Waals surface area contributed by atoms with Crippen molar-refractivity contribution in [1.82, 2.24) is 9.29 Å². The molecule has 1 unspecified atom stereocenters. The SMILES string of the molecule is CC(C)C1CCN1Sc1cccnc1. The molecule has 1 saturated heterocycles. The zero-order chi connectivity index (χ0) is 9.97. The van der Waals surface area contributed by atoms with Gasteiger partial charge in [-0.25, -0.2) is 4.31 Å². The minimum Gasteiger partial charge on any atom is -0.264 e. The highest BCUT2D eigenvalue weighted by atomic mass is 32.2. The van der Waals surface area contributed by atoms with Gasteiger partial charge in [-0.3, -0.25) is 4.98 Å². The Hall–Kier alpha value is -0.540. The second kappa shape index (κ2) is 4.32. The second-order valence-corrected chi connectivity index (χ2v) is 5.14. The lowest BCUT2D eigenvalue weighted by Gasteiger charge is -2.42. The Morgan fingerprint density at radius 3 is 2.93 bits per heavy atom. The van der Waals surface area contributed by atoms with Crippen molar-refractivity contribution in [2.45, 2.75) is 31.2 Å². The molecular formula is C11H16N2S. The molecule has 0 saturated carbocycles. The molecule has 0 aliphatic carbocycles. The van der Waals surface area contributed by atoms with E-state index in [0.717, 1.165) is 12.0 Å². The van der Waals surface area contributed by atoms with E-state index in [2.05, 4.69) is 29.2 Å². The predicted octanol–water partition coefficient (Wildman–Crippen LogP) is 2.82. The predicted molar refractivity (Wildman–Crippen MR) is 60.0 cm³/mol. The van der Waals surface area contributed by atoms with Gasteiger partial charge in [-0.05, 0) is 36.4 Å². The summed E-state index contributed by atoms with van der Waals surface area (Å²) in [6.07, 6.45) is 5.09. The molecule has 1 aromatic heterocycles. The van der Waals surface area contributed by atoms with E-state index in [1.165, 1.54) is 17.9 Å². The normalized spacial score (nSPS) is 22.4. The number of hydrogen-bond acceptors (Lipinski definition) is 3. The van der Waals surface area contributed by atoms with Crippen molar-refractivity contribution in [1.29, 1.82) is 0 Å². The fourth-order valence-electron chi connectivity index (χ4n) is 1.70. The molecule has 2 nitrogen and oxygen atoms in total. The van der Waals surface area contributed by atoms with Gasteiger partial charge >= 0.3 is 0 Å². The highest BCUT2D eigenvalue weighted by Gasteiger charge is 2.31. The smallest absolute Gasteiger partial charge is 0.0417 e. The fourth-order valence-corrected chi connectivity index (χ4v) is 2.90. The minimum atomic E-state index is 0.750. The summed E-state index contributed by atoms with van der Waals surface area (Å²) < 4.78 is 2.46. The molecule has 2 rings (SSSR count). The van der Waals surface area contributed by atoms with Crippen molar-refractivity contribution in [3.05, 3.63) is 24.5 Å². The van der Waals surface area contributed by atoms with Crippen molar-refractivity contribution in [2.75, 3.05) is 6.54 Å². The van der Waals surface area contributed by atoms with Crippen LogP contribution in [-0.2, 0) is 0 Å². The van der Waals surface area contributed by atoms with Crippen LogP contribution >= 0.6 is 11.9 Å². The second-order valence-electron chi connectivity index (χ2n) is 4.02. The van der Waals surface area contributed by atoms with Crippen LogP contribution in [0, 0.1) is 5.92 Å². The Morgan fingerprint density at radius 2 is 2.43 bits per heavy atom. The zero-order valence-electron chi connectivity index (χ0n) is 8.68. The van der Waals surface area contributed by atoms with Gasteiger partial charge in [0.1, 0.15) is 0 Å². The van der Waals surface area contributed by atoms with Crippen molar-refractivity contribution >= 4 is 11.9 Å². The van der Waals surface area contributed by atoms with E-state index in [1.807, 2.05) is 30.4 Å². The van der Waals surface area contributed by atoms with Crippen LogP contribution in [0.1, 0.15) is 20.3 Å². The van der Waals surface area contributed by atoms with Gasteiger partial charge in [-0.15, -0.1) is 0 Å². The van der Waals surface area contributed by atoms with Crippen LogP contribution in [0.25, 0.3) is 0 Å². The largest absolute Gasteiger partial charge is 0.264 e. The molecular weight excluding hydrogens is 192 g/mol. The summed E-state index contributed by atoms with van der Waals surface area (Å²) in [6, 6.07) is 4.86. The van der Waals surface area contributed by atoms with Crippen molar-refractivity contribution < 1.29 is 0 Å². The Labute approximate surface area is 89.9 Å². The summed E-state index contributed by atoms with van der Waals surface area (Å²) in [5.74, 6) is 0.757. The third-order valence-electron chi connectivity index (χ3n) is 2.64. The van der Waals surface area contributed by atoms with Crippen LogP contribution in [0.4, 0.5) is 0 Å². The van der Waals surface area contributed by atoms with E-state index < -0.39 is 0 Å². The number of nitrogens with zero attached hydrogens (tertiary/aromatic N) is 2. The Bertz CT molecular complexity index is 287. The van der Waals surface area contributed by atoms with Gasteiger partial charge in [0.05, 0.1) is 0 Å². The topological polar surface area (TPSA) is 16.1 Å². The first-order chi connectivity index (χ1) is 6.77. The number of rotatable bonds is 3. The van der Waals surface area contributed by atoms with E-state index >= 15 is 0 Å². The third kappa shape index (κ3) is 2.10. The first-order valence-corrected chi connectivity index (χ1v) is 5.89. The molecule has 0 amide bonds. The van der Waals surface area contributed by atoms with E-state index in [1.54, 1.807) is 0 Å². The average molecular weight is 208 g/mol.